The van der Waals surface area contributed by atoms with Gasteiger partial charge >= 0.3 is 0 Å². The molecule has 0 saturated heterocycles. The van der Waals surface area contributed by atoms with E-state index < -0.39 is 6.10 Å². The lowest BCUT2D eigenvalue weighted by molar-refractivity contribution is -0.126. The summed E-state index contributed by atoms with van der Waals surface area (Å²) in [6.45, 7) is 10.8. The number of rotatable bonds is 3. The molecule has 0 saturated carbocycles. The molecule has 1 amide bonds. The largest absolute Gasteiger partial charge is 0.478 e. The second-order valence-electron chi connectivity index (χ2n) is 6.74. The number of fused-ring (bicyclic) bond motifs is 1. The van der Waals surface area contributed by atoms with Crippen molar-refractivity contribution in [1.29, 1.82) is 0 Å². The number of anilines is 1. The Balaban J connectivity index is 2.54. The SMILES string of the molecule is CCC1Oc2ccc(C(C)(C)C)cc2N(C(C)CN)C1=O. The summed E-state index contributed by atoms with van der Waals surface area (Å²) < 4.78 is 5.85. The Labute approximate surface area is 127 Å². The van der Waals surface area contributed by atoms with E-state index in [9.17, 15) is 4.79 Å². The normalized spacial score (nSPS) is 20.0. The molecule has 4 heteroatoms. The molecule has 1 aromatic carbocycles. The zero-order valence-electron chi connectivity index (χ0n) is 13.6. The summed E-state index contributed by atoms with van der Waals surface area (Å²) >= 11 is 0. The first kappa shape index (κ1) is 15.8. The van der Waals surface area contributed by atoms with E-state index in [1.807, 2.05) is 24.8 Å². The fourth-order valence-electron chi connectivity index (χ4n) is 2.57. The third kappa shape index (κ3) is 2.91. The van der Waals surface area contributed by atoms with Crippen molar-refractivity contribution in [2.75, 3.05) is 11.4 Å². The van der Waals surface area contributed by atoms with E-state index in [1.165, 1.54) is 5.56 Å². The highest BCUT2D eigenvalue weighted by Crippen LogP contribution is 2.39. The first-order valence-corrected chi connectivity index (χ1v) is 7.64. The highest BCUT2D eigenvalue weighted by atomic mass is 16.5. The number of nitrogens with two attached hydrogens (primary N) is 1. The van der Waals surface area contributed by atoms with Gasteiger partial charge in [-0.15, -0.1) is 0 Å². The summed E-state index contributed by atoms with van der Waals surface area (Å²) in [6.07, 6.45) is 0.250. The predicted octanol–water partition coefficient (Wildman–Crippen LogP) is 2.84. The van der Waals surface area contributed by atoms with Gasteiger partial charge in [0.25, 0.3) is 5.91 Å². The number of nitrogens with zero attached hydrogens (tertiary/aromatic N) is 1. The van der Waals surface area contributed by atoms with Gasteiger partial charge in [0.1, 0.15) is 5.75 Å². The van der Waals surface area contributed by atoms with Crippen LogP contribution in [0.15, 0.2) is 18.2 Å². The van der Waals surface area contributed by atoms with Crippen LogP contribution in [0.25, 0.3) is 0 Å². The van der Waals surface area contributed by atoms with Gasteiger partial charge in [0.15, 0.2) is 6.10 Å². The Hall–Kier alpha value is -1.55. The average molecular weight is 290 g/mol. The van der Waals surface area contributed by atoms with Crippen LogP contribution in [0.3, 0.4) is 0 Å². The number of carbonyl (C=O) groups is 1. The van der Waals surface area contributed by atoms with Gasteiger partial charge in [-0.1, -0.05) is 33.8 Å². The van der Waals surface area contributed by atoms with E-state index in [0.717, 1.165) is 11.4 Å². The number of carbonyl (C=O) groups excluding carboxylic acids is 1. The topological polar surface area (TPSA) is 55.6 Å². The molecular weight excluding hydrogens is 264 g/mol. The fraction of sp³-hybridized carbons (Fsp3) is 0.588. The number of benzene rings is 1. The van der Waals surface area contributed by atoms with Gasteiger partial charge in [0.05, 0.1) is 5.69 Å². The molecule has 2 N–H and O–H groups in total. The smallest absolute Gasteiger partial charge is 0.268 e. The van der Waals surface area contributed by atoms with Gasteiger partial charge in [-0.2, -0.15) is 0 Å². The van der Waals surface area contributed by atoms with Crippen LogP contribution in [0.4, 0.5) is 5.69 Å². The molecule has 2 rings (SSSR count). The van der Waals surface area contributed by atoms with Crippen LogP contribution < -0.4 is 15.4 Å². The maximum absolute atomic E-state index is 12.6. The molecule has 1 heterocycles. The maximum Gasteiger partial charge on any atom is 0.268 e. The summed E-state index contributed by atoms with van der Waals surface area (Å²) in [5.41, 5.74) is 7.85. The number of hydrogen-bond donors (Lipinski definition) is 1. The molecule has 1 aromatic rings. The minimum Gasteiger partial charge on any atom is -0.478 e. The number of ether oxygens (including phenoxy) is 1. The van der Waals surface area contributed by atoms with E-state index in [1.54, 1.807) is 0 Å². The van der Waals surface area contributed by atoms with Crippen molar-refractivity contribution in [1.82, 2.24) is 0 Å². The minimum atomic E-state index is -0.410. The van der Waals surface area contributed by atoms with Crippen LogP contribution in [0, 0.1) is 0 Å². The van der Waals surface area contributed by atoms with Crippen molar-refractivity contribution in [3.8, 4) is 5.75 Å². The van der Waals surface area contributed by atoms with Crippen LogP contribution >= 0.6 is 0 Å². The van der Waals surface area contributed by atoms with Crippen LogP contribution in [0.5, 0.6) is 5.75 Å². The lowest BCUT2D eigenvalue weighted by atomic mass is 9.86. The molecule has 21 heavy (non-hydrogen) atoms. The highest BCUT2D eigenvalue weighted by molar-refractivity contribution is 6.00. The average Bonchev–Trinajstić information content (AvgIpc) is 2.44. The van der Waals surface area contributed by atoms with Gasteiger partial charge < -0.3 is 15.4 Å². The molecule has 1 aliphatic heterocycles. The molecule has 116 valence electrons. The summed E-state index contributed by atoms with van der Waals surface area (Å²) in [6, 6.07) is 6.07. The maximum atomic E-state index is 12.6. The van der Waals surface area contributed by atoms with Crippen molar-refractivity contribution in [3.05, 3.63) is 23.8 Å². The zero-order chi connectivity index (χ0) is 15.8. The standard InChI is InChI=1S/C17H26N2O2/c1-6-14-16(20)19(11(2)10-18)13-9-12(17(3,4)5)7-8-15(13)21-14/h7-9,11,14H,6,10,18H2,1-5H3. The lowest BCUT2D eigenvalue weighted by Crippen LogP contribution is -2.52. The summed E-state index contributed by atoms with van der Waals surface area (Å²) in [5, 5.41) is 0. The fourth-order valence-corrected chi connectivity index (χ4v) is 2.57. The van der Waals surface area contributed by atoms with E-state index in [-0.39, 0.29) is 17.4 Å². The molecule has 0 fully saturated rings. The highest BCUT2D eigenvalue weighted by Gasteiger charge is 2.36. The molecule has 1 aliphatic rings. The summed E-state index contributed by atoms with van der Waals surface area (Å²) in [7, 11) is 0. The van der Waals surface area contributed by atoms with Crippen LogP contribution in [-0.4, -0.2) is 24.6 Å². The molecule has 0 aromatic heterocycles. The second-order valence-corrected chi connectivity index (χ2v) is 6.74. The number of hydrogen-bond acceptors (Lipinski definition) is 3. The van der Waals surface area contributed by atoms with E-state index in [2.05, 4.69) is 32.9 Å². The van der Waals surface area contributed by atoms with Gasteiger partial charge in [-0.05, 0) is 36.5 Å². The molecule has 0 spiro atoms. The first-order chi connectivity index (χ1) is 9.79. The Kier molecular flexibility index (Phi) is 4.28. The minimum absolute atomic E-state index is 0.00834. The van der Waals surface area contributed by atoms with Crippen molar-refractivity contribution < 1.29 is 9.53 Å². The molecule has 0 bridgehead atoms. The first-order valence-electron chi connectivity index (χ1n) is 7.64. The molecule has 0 aliphatic carbocycles. The predicted molar refractivity (Wildman–Crippen MR) is 85.9 cm³/mol. The van der Waals surface area contributed by atoms with E-state index in [4.69, 9.17) is 10.5 Å². The van der Waals surface area contributed by atoms with E-state index in [0.29, 0.717) is 13.0 Å². The van der Waals surface area contributed by atoms with Gasteiger partial charge in [0.2, 0.25) is 0 Å². The molecule has 4 nitrogen and oxygen atoms in total. The number of amides is 1. The summed E-state index contributed by atoms with van der Waals surface area (Å²) in [4.78, 5) is 14.4. The van der Waals surface area contributed by atoms with Crippen LogP contribution in [0.2, 0.25) is 0 Å². The molecular formula is C17H26N2O2. The molecule has 2 unspecified atom stereocenters. The Morgan fingerprint density at radius 3 is 2.57 bits per heavy atom. The van der Waals surface area contributed by atoms with Gasteiger partial charge in [-0.25, -0.2) is 0 Å². The Morgan fingerprint density at radius 2 is 2.05 bits per heavy atom. The molecule has 2 atom stereocenters. The van der Waals surface area contributed by atoms with E-state index >= 15 is 0 Å². The quantitative estimate of drug-likeness (QED) is 0.931. The van der Waals surface area contributed by atoms with Gasteiger partial charge in [-0.3, -0.25) is 4.79 Å². The monoisotopic (exact) mass is 290 g/mol. The van der Waals surface area contributed by atoms with Crippen molar-refractivity contribution in [2.24, 2.45) is 5.73 Å². The van der Waals surface area contributed by atoms with Crippen molar-refractivity contribution in [2.45, 2.75) is 58.6 Å². The third-order valence-electron chi connectivity index (χ3n) is 4.02. The van der Waals surface area contributed by atoms with Crippen LogP contribution in [0.1, 0.15) is 46.6 Å². The van der Waals surface area contributed by atoms with Crippen molar-refractivity contribution in [3.63, 3.8) is 0 Å². The lowest BCUT2D eigenvalue weighted by Gasteiger charge is -2.38. The Morgan fingerprint density at radius 1 is 1.38 bits per heavy atom. The summed E-state index contributed by atoms with van der Waals surface area (Å²) in [5.74, 6) is 0.781. The zero-order valence-corrected chi connectivity index (χ0v) is 13.6. The third-order valence-corrected chi connectivity index (χ3v) is 4.02. The Bertz CT molecular complexity index is 534. The second kappa shape index (κ2) is 5.68. The van der Waals surface area contributed by atoms with Gasteiger partial charge in [0, 0.05) is 12.6 Å². The van der Waals surface area contributed by atoms with Crippen molar-refractivity contribution >= 4 is 11.6 Å². The van der Waals surface area contributed by atoms with Crippen LogP contribution in [-0.2, 0) is 10.2 Å². The molecule has 0 radical (unpaired) electrons.